The molecule has 0 amide bonds. The van der Waals surface area contributed by atoms with Crippen LogP contribution in [-0.2, 0) is 14.3 Å². The van der Waals surface area contributed by atoms with Crippen LogP contribution in [0.1, 0.15) is 26.7 Å². The summed E-state index contributed by atoms with van der Waals surface area (Å²) in [5.41, 5.74) is 0. The molecule has 0 aliphatic carbocycles. The molecule has 0 aliphatic rings. The Morgan fingerprint density at radius 3 is 2.71 bits per heavy atom. The highest BCUT2D eigenvalue weighted by atomic mass is 16.7. The van der Waals surface area contributed by atoms with Crippen LogP contribution in [0.2, 0.25) is 0 Å². The van der Waals surface area contributed by atoms with Crippen molar-refractivity contribution in [1.29, 1.82) is 0 Å². The minimum atomic E-state index is -0.532. The number of carbonyl (C=O) groups excluding carboxylic acids is 1. The largest absolute Gasteiger partial charge is 0.463 e. The second-order valence-electron chi connectivity index (χ2n) is 2.93. The van der Waals surface area contributed by atoms with E-state index < -0.39 is 11.7 Å². The van der Waals surface area contributed by atoms with Gasteiger partial charge in [-0.05, 0) is 19.8 Å². The van der Waals surface area contributed by atoms with Gasteiger partial charge in [0.2, 0.25) is 0 Å². The average Bonchev–Trinajstić information content (AvgIpc) is 2.01. The minimum absolute atomic E-state index is 0.160. The standard InChI is InChI=1S/C8H15NO5/c1-7(14-8(2)10)4-3-5-13-6-9(11)12/h7H,3-6H2,1-2H3. The van der Waals surface area contributed by atoms with E-state index in [0.717, 1.165) is 0 Å². The molecule has 6 heteroatoms. The van der Waals surface area contributed by atoms with Crippen molar-refractivity contribution in [1.82, 2.24) is 0 Å². The van der Waals surface area contributed by atoms with Gasteiger partial charge < -0.3 is 9.47 Å². The van der Waals surface area contributed by atoms with Gasteiger partial charge in [0.25, 0.3) is 0 Å². The van der Waals surface area contributed by atoms with Crippen LogP contribution in [-0.4, -0.2) is 30.3 Å². The second-order valence-corrected chi connectivity index (χ2v) is 2.93. The zero-order valence-electron chi connectivity index (χ0n) is 8.39. The smallest absolute Gasteiger partial charge is 0.306 e. The Morgan fingerprint density at radius 2 is 2.21 bits per heavy atom. The van der Waals surface area contributed by atoms with Gasteiger partial charge in [0.1, 0.15) is 0 Å². The highest BCUT2D eigenvalue weighted by Gasteiger charge is 2.05. The molecule has 14 heavy (non-hydrogen) atoms. The molecule has 0 N–H and O–H groups in total. The molecule has 0 saturated carbocycles. The van der Waals surface area contributed by atoms with Crippen LogP contribution >= 0.6 is 0 Å². The second kappa shape index (κ2) is 7.25. The van der Waals surface area contributed by atoms with Crippen LogP contribution in [0.15, 0.2) is 0 Å². The van der Waals surface area contributed by atoms with Crippen LogP contribution in [0.3, 0.4) is 0 Å². The lowest BCUT2D eigenvalue weighted by atomic mass is 10.2. The van der Waals surface area contributed by atoms with Crippen molar-refractivity contribution in [3.63, 3.8) is 0 Å². The summed E-state index contributed by atoms with van der Waals surface area (Å²) < 4.78 is 9.56. The number of ether oxygens (including phenoxy) is 2. The van der Waals surface area contributed by atoms with Gasteiger partial charge >= 0.3 is 12.7 Å². The summed E-state index contributed by atoms with van der Waals surface area (Å²) in [5.74, 6) is -0.316. The van der Waals surface area contributed by atoms with Gasteiger partial charge in [0, 0.05) is 11.8 Å². The van der Waals surface area contributed by atoms with Crippen molar-refractivity contribution >= 4 is 5.97 Å². The summed E-state index contributed by atoms with van der Waals surface area (Å²) in [6.07, 6.45) is 1.13. The first-order chi connectivity index (χ1) is 6.52. The van der Waals surface area contributed by atoms with Crippen LogP contribution in [0, 0.1) is 10.1 Å². The van der Waals surface area contributed by atoms with E-state index in [9.17, 15) is 14.9 Å². The van der Waals surface area contributed by atoms with Gasteiger partial charge in [-0.2, -0.15) is 0 Å². The van der Waals surface area contributed by atoms with Crippen molar-refractivity contribution in [2.45, 2.75) is 32.8 Å². The molecule has 0 aromatic heterocycles. The van der Waals surface area contributed by atoms with Gasteiger partial charge in [-0.1, -0.05) is 0 Å². The molecule has 0 heterocycles. The van der Waals surface area contributed by atoms with E-state index in [4.69, 9.17) is 9.47 Å². The summed E-state index contributed by atoms with van der Waals surface area (Å²) in [7, 11) is 0. The maximum atomic E-state index is 10.5. The molecule has 0 fully saturated rings. The van der Waals surface area contributed by atoms with Gasteiger partial charge in [-0.25, -0.2) is 0 Å². The van der Waals surface area contributed by atoms with E-state index in [1.54, 1.807) is 6.92 Å². The Balaban J connectivity index is 3.27. The maximum Gasteiger partial charge on any atom is 0.306 e. The Labute approximate surface area is 82.3 Å². The van der Waals surface area contributed by atoms with E-state index >= 15 is 0 Å². The number of hydrogen-bond acceptors (Lipinski definition) is 5. The first-order valence-electron chi connectivity index (χ1n) is 4.39. The SMILES string of the molecule is CC(=O)OC(C)CCCOC[N+](=O)[O-]. The number of nitrogens with zero attached hydrogens (tertiary/aromatic N) is 1. The van der Waals surface area contributed by atoms with Crippen molar-refractivity contribution in [2.24, 2.45) is 0 Å². The molecule has 0 bridgehead atoms. The van der Waals surface area contributed by atoms with Gasteiger partial charge in [-0.3, -0.25) is 14.9 Å². The lowest BCUT2D eigenvalue weighted by molar-refractivity contribution is -0.526. The Kier molecular flexibility index (Phi) is 6.65. The van der Waals surface area contributed by atoms with E-state index in [0.29, 0.717) is 19.4 Å². The highest BCUT2D eigenvalue weighted by molar-refractivity contribution is 5.66. The molecule has 82 valence electrons. The van der Waals surface area contributed by atoms with Crippen LogP contribution < -0.4 is 0 Å². The molecular weight excluding hydrogens is 190 g/mol. The van der Waals surface area contributed by atoms with E-state index in [1.807, 2.05) is 0 Å². The molecule has 0 saturated heterocycles. The molecule has 1 atom stereocenters. The van der Waals surface area contributed by atoms with Crippen LogP contribution in [0.5, 0.6) is 0 Å². The topological polar surface area (TPSA) is 78.7 Å². The number of carbonyl (C=O) groups is 1. The summed E-state index contributed by atoms with van der Waals surface area (Å²) in [6, 6.07) is 0. The van der Waals surface area contributed by atoms with Gasteiger partial charge in [-0.15, -0.1) is 0 Å². The van der Waals surface area contributed by atoms with Gasteiger partial charge in [0.05, 0.1) is 12.7 Å². The zero-order chi connectivity index (χ0) is 11.0. The number of rotatable bonds is 7. The number of esters is 1. The van der Waals surface area contributed by atoms with Crippen molar-refractivity contribution < 1.29 is 19.2 Å². The Hall–Kier alpha value is -1.17. The van der Waals surface area contributed by atoms with Crippen LogP contribution in [0.25, 0.3) is 0 Å². The minimum Gasteiger partial charge on any atom is -0.463 e. The van der Waals surface area contributed by atoms with E-state index in [-0.39, 0.29) is 12.1 Å². The van der Waals surface area contributed by atoms with E-state index in [2.05, 4.69) is 0 Å². The molecule has 0 aliphatic heterocycles. The molecule has 6 nitrogen and oxygen atoms in total. The molecule has 0 aromatic carbocycles. The van der Waals surface area contributed by atoms with E-state index in [1.165, 1.54) is 6.92 Å². The third-order valence-corrected chi connectivity index (χ3v) is 1.46. The first kappa shape index (κ1) is 12.8. The first-order valence-corrected chi connectivity index (χ1v) is 4.39. The molecule has 0 spiro atoms. The van der Waals surface area contributed by atoms with Gasteiger partial charge in [0.15, 0.2) is 0 Å². The lowest BCUT2D eigenvalue weighted by Gasteiger charge is -2.10. The molecule has 0 radical (unpaired) electrons. The normalized spacial score (nSPS) is 12.1. The fourth-order valence-corrected chi connectivity index (χ4v) is 0.954. The Bertz CT molecular complexity index is 194. The summed E-state index contributed by atoms with van der Waals surface area (Å²) in [5, 5.41) is 9.85. The molecule has 0 aromatic rings. The number of hydrogen-bond donors (Lipinski definition) is 0. The summed E-state index contributed by atoms with van der Waals surface area (Å²) in [6.45, 7) is 2.96. The monoisotopic (exact) mass is 205 g/mol. The molecular formula is C8H15NO5. The highest BCUT2D eigenvalue weighted by Crippen LogP contribution is 2.01. The van der Waals surface area contributed by atoms with Crippen molar-refractivity contribution in [3.05, 3.63) is 10.1 Å². The third-order valence-electron chi connectivity index (χ3n) is 1.46. The predicted molar refractivity (Wildman–Crippen MR) is 48.3 cm³/mol. The maximum absolute atomic E-state index is 10.5. The zero-order valence-corrected chi connectivity index (χ0v) is 8.39. The van der Waals surface area contributed by atoms with Crippen LogP contribution in [0.4, 0.5) is 0 Å². The molecule has 0 rings (SSSR count). The quantitative estimate of drug-likeness (QED) is 0.203. The molecule has 1 unspecified atom stereocenters. The average molecular weight is 205 g/mol. The summed E-state index contributed by atoms with van der Waals surface area (Å²) >= 11 is 0. The fraction of sp³-hybridized carbons (Fsp3) is 0.875. The Morgan fingerprint density at radius 1 is 1.57 bits per heavy atom. The fourth-order valence-electron chi connectivity index (χ4n) is 0.954. The predicted octanol–water partition coefficient (Wildman–Crippen LogP) is 0.969. The van der Waals surface area contributed by atoms with Crippen molar-refractivity contribution in [3.8, 4) is 0 Å². The third kappa shape index (κ3) is 8.92. The van der Waals surface area contributed by atoms with Crippen molar-refractivity contribution in [2.75, 3.05) is 13.3 Å². The summed E-state index contributed by atoms with van der Waals surface area (Å²) in [4.78, 5) is 19.8. The number of nitro groups is 1. The lowest BCUT2D eigenvalue weighted by Crippen LogP contribution is -2.13.